The van der Waals surface area contributed by atoms with Crippen molar-refractivity contribution in [3.63, 3.8) is 0 Å². The average molecular weight is 191 g/mol. The van der Waals surface area contributed by atoms with E-state index in [2.05, 4.69) is 10.1 Å². The fourth-order valence-corrected chi connectivity index (χ4v) is 1.38. The van der Waals surface area contributed by atoms with Crippen molar-refractivity contribution < 1.29 is 9.90 Å². The maximum Gasteiger partial charge on any atom is 0.341 e. The minimum atomic E-state index is -0.990. The van der Waals surface area contributed by atoms with Gasteiger partial charge < -0.3 is 5.11 Å². The summed E-state index contributed by atoms with van der Waals surface area (Å²) in [5, 5.41) is 13.0. The third-order valence-corrected chi connectivity index (χ3v) is 2.01. The Labute approximate surface area is 80.0 Å². The number of hydrogen-bond acceptors (Lipinski definition) is 3. The van der Waals surface area contributed by atoms with Crippen LogP contribution in [0.25, 0.3) is 5.65 Å². The van der Waals surface area contributed by atoms with E-state index in [1.165, 1.54) is 4.52 Å². The van der Waals surface area contributed by atoms with Crippen LogP contribution >= 0.6 is 0 Å². The highest BCUT2D eigenvalue weighted by molar-refractivity contribution is 5.95. The third kappa shape index (κ3) is 1.14. The molecule has 0 amide bonds. The molecule has 1 N–H and O–H groups in total. The second kappa shape index (κ2) is 2.80. The highest BCUT2D eigenvalue weighted by Crippen LogP contribution is 2.13. The topological polar surface area (TPSA) is 67.5 Å². The number of hydrogen-bond donors (Lipinski definition) is 1. The van der Waals surface area contributed by atoms with E-state index in [1.807, 2.05) is 6.92 Å². The first-order valence-corrected chi connectivity index (χ1v) is 4.15. The van der Waals surface area contributed by atoms with Crippen LogP contribution in [0.2, 0.25) is 0 Å². The largest absolute Gasteiger partial charge is 0.477 e. The number of nitrogens with zero attached hydrogens (tertiary/aromatic N) is 3. The van der Waals surface area contributed by atoms with Crippen LogP contribution in [0.3, 0.4) is 0 Å². The van der Waals surface area contributed by atoms with Crippen LogP contribution < -0.4 is 0 Å². The van der Waals surface area contributed by atoms with E-state index in [9.17, 15) is 4.79 Å². The molecule has 2 aromatic rings. The van der Waals surface area contributed by atoms with Gasteiger partial charge in [0.25, 0.3) is 0 Å². The Morgan fingerprint density at radius 1 is 1.50 bits per heavy atom. The maximum absolute atomic E-state index is 10.9. The summed E-state index contributed by atoms with van der Waals surface area (Å²) in [5.41, 5.74) is 1.83. The number of aromatic carboxylic acids is 1. The first-order chi connectivity index (χ1) is 6.59. The van der Waals surface area contributed by atoms with Crippen molar-refractivity contribution in [1.29, 1.82) is 0 Å². The number of aryl methyl sites for hydroxylation is 2. The molecule has 5 nitrogen and oxygen atoms in total. The molecule has 0 radical (unpaired) electrons. The van der Waals surface area contributed by atoms with Gasteiger partial charge in [-0.2, -0.15) is 5.10 Å². The molecule has 0 fully saturated rings. The standard InChI is InChI=1S/C9H9N3O2/c1-5-3-4-12-8(10-5)7(9(13)14)6(2)11-12/h3-4H,1-2H3,(H,13,14). The predicted molar refractivity (Wildman–Crippen MR) is 49.4 cm³/mol. The first kappa shape index (κ1) is 8.68. The van der Waals surface area contributed by atoms with Crippen LogP contribution in [0.4, 0.5) is 0 Å². The van der Waals surface area contributed by atoms with Crippen LogP contribution in [0, 0.1) is 13.8 Å². The monoisotopic (exact) mass is 191 g/mol. The summed E-state index contributed by atoms with van der Waals surface area (Å²) < 4.78 is 1.48. The molecular weight excluding hydrogens is 182 g/mol. The molecule has 72 valence electrons. The summed E-state index contributed by atoms with van der Waals surface area (Å²) in [4.78, 5) is 15.1. The molecule has 5 heteroatoms. The molecule has 0 atom stereocenters. The van der Waals surface area contributed by atoms with E-state index in [1.54, 1.807) is 19.2 Å². The van der Waals surface area contributed by atoms with Gasteiger partial charge in [-0.3, -0.25) is 0 Å². The normalized spacial score (nSPS) is 10.7. The van der Waals surface area contributed by atoms with Gasteiger partial charge in [0.05, 0.1) is 5.69 Å². The van der Waals surface area contributed by atoms with Crippen molar-refractivity contribution in [2.24, 2.45) is 0 Å². The summed E-state index contributed by atoms with van der Waals surface area (Å²) in [5.74, 6) is -0.990. The second-order valence-corrected chi connectivity index (χ2v) is 3.10. The highest BCUT2D eigenvalue weighted by Gasteiger charge is 2.16. The van der Waals surface area contributed by atoms with E-state index in [0.717, 1.165) is 5.69 Å². The maximum atomic E-state index is 10.9. The number of carbonyl (C=O) groups is 1. The van der Waals surface area contributed by atoms with Gasteiger partial charge >= 0.3 is 5.97 Å². The molecular formula is C9H9N3O2. The fourth-order valence-electron chi connectivity index (χ4n) is 1.38. The minimum absolute atomic E-state index is 0.175. The molecule has 2 rings (SSSR count). The zero-order valence-electron chi connectivity index (χ0n) is 7.85. The van der Waals surface area contributed by atoms with Gasteiger partial charge in [-0.25, -0.2) is 14.3 Å². The van der Waals surface area contributed by atoms with Crippen LogP contribution in [-0.4, -0.2) is 25.7 Å². The van der Waals surface area contributed by atoms with Gasteiger partial charge in [0, 0.05) is 11.9 Å². The Kier molecular flexibility index (Phi) is 1.73. The Bertz CT molecular complexity index is 516. The van der Waals surface area contributed by atoms with Crippen molar-refractivity contribution in [3.05, 3.63) is 29.2 Å². The van der Waals surface area contributed by atoms with Crippen LogP contribution in [0.5, 0.6) is 0 Å². The van der Waals surface area contributed by atoms with E-state index < -0.39 is 5.97 Å². The van der Waals surface area contributed by atoms with Crippen LogP contribution in [0.15, 0.2) is 12.3 Å². The predicted octanol–water partition coefficient (Wildman–Crippen LogP) is 1.04. The van der Waals surface area contributed by atoms with Crippen molar-refractivity contribution in [3.8, 4) is 0 Å². The number of aromatic nitrogens is 3. The highest BCUT2D eigenvalue weighted by atomic mass is 16.4. The zero-order chi connectivity index (χ0) is 10.3. The fraction of sp³-hybridized carbons (Fsp3) is 0.222. The zero-order valence-corrected chi connectivity index (χ0v) is 7.85. The third-order valence-electron chi connectivity index (χ3n) is 2.01. The molecule has 0 bridgehead atoms. The Morgan fingerprint density at radius 3 is 2.86 bits per heavy atom. The lowest BCUT2D eigenvalue weighted by molar-refractivity contribution is 0.0698. The van der Waals surface area contributed by atoms with Crippen molar-refractivity contribution in [1.82, 2.24) is 14.6 Å². The van der Waals surface area contributed by atoms with Gasteiger partial charge in [-0.05, 0) is 19.9 Å². The number of carboxylic acid groups (broad SMARTS) is 1. The second-order valence-electron chi connectivity index (χ2n) is 3.10. The number of carboxylic acids is 1. The summed E-state index contributed by atoms with van der Waals surface area (Å²) in [6.07, 6.45) is 1.71. The molecule has 0 saturated heterocycles. The van der Waals surface area contributed by atoms with Crippen molar-refractivity contribution in [2.75, 3.05) is 0 Å². The minimum Gasteiger partial charge on any atom is -0.477 e. The SMILES string of the molecule is Cc1ccn2nc(C)c(C(=O)O)c2n1. The molecule has 0 unspecified atom stereocenters. The van der Waals surface area contributed by atoms with Crippen molar-refractivity contribution >= 4 is 11.6 Å². The van der Waals surface area contributed by atoms with E-state index in [0.29, 0.717) is 11.3 Å². The summed E-state index contributed by atoms with van der Waals surface area (Å²) in [6, 6.07) is 1.78. The van der Waals surface area contributed by atoms with Gasteiger partial charge in [0.1, 0.15) is 5.56 Å². The van der Waals surface area contributed by atoms with E-state index in [4.69, 9.17) is 5.11 Å². The molecule has 0 aliphatic rings. The molecule has 0 saturated carbocycles. The molecule has 0 aliphatic heterocycles. The van der Waals surface area contributed by atoms with E-state index in [-0.39, 0.29) is 5.56 Å². The number of rotatable bonds is 1. The van der Waals surface area contributed by atoms with E-state index >= 15 is 0 Å². The van der Waals surface area contributed by atoms with Crippen molar-refractivity contribution in [2.45, 2.75) is 13.8 Å². The summed E-state index contributed by atoms with van der Waals surface area (Å²) >= 11 is 0. The summed E-state index contributed by atoms with van der Waals surface area (Å²) in [7, 11) is 0. The lowest BCUT2D eigenvalue weighted by atomic mass is 10.2. The van der Waals surface area contributed by atoms with Crippen LogP contribution in [0.1, 0.15) is 21.7 Å². The average Bonchev–Trinajstić information content (AvgIpc) is 2.40. The molecule has 0 aliphatic carbocycles. The smallest absolute Gasteiger partial charge is 0.341 e. The molecule has 0 spiro atoms. The molecule has 2 heterocycles. The summed E-state index contributed by atoms with van der Waals surface area (Å²) in [6.45, 7) is 3.47. The lowest BCUT2D eigenvalue weighted by Gasteiger charge is -1.94. The van der Waals surface area contributed by atoms with Gasteiger partial charge in [-0.15, -0.1) is 0 Å². The molecule has 2 aromatic heterocycles. The first-order valence-electron chi connectivity index (χ1n) is 4.15. The molecule has 14 heavy (non-hydrogen) atoms. The number of fused-ring (bicyclic) bond motifs is 1. The lowest BCUT2D eigenvalue weighted by Crippen LogP contribution is -1.99. The van der Waals surface area contributed by atoms with Gasteiger partial charge in [0.15, 0.2) is 5.65 Å². The molecule has 0 aromatic carbocycles. The Morgan fingerprint density at radius 2 is 2.21 bits per heavy atom. The van der Waals surface area contributed by atoms with Gasteiger partial charge in [-0.1, -0.05) is 0 Å². The van der Waals surface area contributed by atoms with Crippen LogP contribution in [-0.2, 0) is 0 Å². The van der Waals surface area contributed by atoms with Gasteiger partial charge in [0.2, 0.25) is 0 Å². The quantitative estimate of drug-likeness (QED) is 0.731. The Hall–Kier alpha value is -1.91. The Balaban J connectivity index is 2.86.